The molecule has 1 N–H and O–H groups in total. The first-order chi connectivity index (χ1) is 10.2. The summed E-state index contributed by atoms with van der Waals surface area (Å²) >= 11 is 1.82. The predicted octanol–water partition coefficient (Wildman–Crippen LogP) is 4.39. The lowest BCUT2D eigenvalue weighted by Gasteiger charge is -2.15. The Morgan fingerprint density at radius 2 is 2.05 bits per heavy atom. The lowest BCUT2D eigenvalue weighted by molar-refractivity contribution is 0.310. The van der Waals surface area contributed by atoms with E-state index in [1.807, 2.05) is 11.3 Å². The van der Waals surface area contributed by atoms with Crippen LogP contribution in [0.4, 0.5) is 0 Å². The standard InChI is InChI=1S/C18H25NOS/c1-14(2)17-7-6-15(3)13-18(17)20-11-10-19-9-8-16-5-4-12-21-16/h4-7,12-14,19H,8-11H2,1-3H3. The molecule has 0 unspecified atom stereocenters. The lowest BCUT2D eigenvalue weighted by Crippen LogP contribution is -2.23. The summed E-state index contributed by atoms with van der Waals surface area (Å²) in [5.41, 5.74) is 2.54. The van der Waals surface area contributed by atoms with Crippen molar-refractivity contribution in [3.05, 3.63) is 51.7 Å². The molecule has 0 saturated carbocycles. The van der Waals surface area contributed by atoms with Gasteiger partial charge >= 0.3 is 0 Å². The molecule has 0 spiro atoms. The molecule has 0 aliphatic heterocycles. The summed E-state index contributed by atoms with van der Waals surface area (Å²) < 4.78 is 5.96. The number of rotatable bonds is 8. The van der Waals surface area contributed by atoms with E-state index in [2.05, 4.69) is 61.8 Å². The Kier molecular flexibility index (Phi) is 6.27. The van der Waals surface area contributed by atoms with Crippen LogP contribution in [-0.4, -0.2) is 19.7 Å². The van der Waals surface area contributed by atoms with E-state index >= 15 is 0 Å². The number of hydrogen-bond donors (Lipinski definition) is 1. The molecular weight excluding hydrogens is 278 g/mol. The molecule has 0 atom stereocenters. The van der Waals surface area contributed by atoms with Crippen LogP contribution in [-0.2, 0) is 6.42 Å². The van der Waals surface area contributed by atoms with Crippen LogP contribution in [0.5, 0.6) is 5.75 Å². The molecule has 3 heteroatoms. The average Bonchev–Trinajstić information content (AvgIpc) is 2.95. The van der Waals surface area contributed by atoms with Crippen LogP contribution in [0.15, 0.2) is 35.7 Å². The summed E-state index contributed by atoms with van der Waals surface area (Å²) in [4.78, 5) is 1.43. The van der Waals surface area contributed by atoms with Gasteiger partial charge < -0.3 is 10.1 Å². The van der Waals surface area contributed by atoms with Gasteiger partial charge in [0, 0.05) is 18.0 Å². The largest absolute Gasteiger partial charge is 0.492 e. The highest BCUT2D eigenvalue weighted by Gasteiger charge is 2.07. The van der Waals surface area contributed by atoms with Crippen LogP contribution >= 0.6 is 11.3 Å². The predicted molar refractivity (Wildman–Crippen MR) is 91.7 cm³/mol. The van der Waals surface area contributed by atoms with Gasteiger partial charge in [0.2, 0.25) is 0 Å². The minimum absolute atomic E-state index is 0.493. The first-order valence-corrected chi connectivity index (χ1v) is 8.51. The molecule has 1 heterocycles. The van der Waals surface area contributed by atoms with E-state index in [-0.39, 0.29) is 0 Å². The molecule has 1 aromatic carbocycles. The van der Waals surface area contributed by atoms with Crippen molar-refractivity contribution in [2.24, 2.45) is 0 Å². The van der Waals surface area contributed by atoms with Gasteiger partial charge in [0.05, 0.1) is 0 Å². The second-order valence-electron chi connectivity index (χ2n) is 5.62. The van der Waals surface area contributed by atoms with Gasteiger partial charge in [-0.05, 0) is 47.9 Å². The summed E-state index contributed by atoms with van der Waals surface area (Å²) in [6.07, 6.45) is 1.10. The maximum atomic E-state index is 5.96. The van der Waals surface area contributed by atoms with Gasteiger partial charge in [-0.2, -0.15) is 0 Å². The Hall–Kier alpha value is -1.32. The van der Waals surface area contributed by atoms with Gasteiger partial charge in [-0.1, -0.05) is 32.0 Å². The molecule has 0 aliphatic rings. The van der Waals surface area contributed by atoms with Crippen molar-refractivity contribution < 1.29 is 4.74 Å². The van der Waals surface area contributed by atoms with Crippen molar-refractivity contribution in [1.82, 2.24) is 5.32 Å². The third-order valence-corrected chi connectivity index (χ3v) is 4.39. The first kappa shape index (κ1) is 16.1. The van der Waals surface area contributed by atoms with Gasteiger partial charge in [-0.15, -0.1) is 11.3 Å². The molecule has 0 aliphatic carbocycles. The molecule has 0 radical (unpaired) electrons. The van der Waals surface area contributed by atoms with Crippen LogP contribution in [0.1, 0.15) is 35.8 Å². The lowest BCUT2D eigenvalue weighted by atomic mass is 10.0. The zero-order chi connectivity index (χ0) is 15.1. The summed E-state index contributed by atoms with van der Waals surface area (Å²) in [5, 5.41) is 5.57. The Morgan fingerprint density at radius 3 is 2.76 bits per heavy atom. The van der Waals surface area contributed by atoms with E-state index in [9.17, 15) is 0 Å². The van der Waals surface area contributed by atoms with Crippen LogP contribution in [0.2, 0.25) is 0 Å². The Morgan fingerprint density at radius 1 is 1.19 bits per heavy atom. The zero-order valence-electron chi connectivity index (χ0n) is 13.2. The van der Waals surface area contributed by atoms with Crippen molar-refractivity contribution in [1.29, 1.82) is 0 Å². The molecule has 0 bridgehead atoms. The van der Waals surface area contributed by atoms with E-state index in [4.69, 9.17) is 4.74 Å². The Balaban J connectivity index is 1.72. The number of aryl methyl sites for hydroxylation is 1. The minimum atomic E-state index is 0.493. The van der Waals surface area contributed by atoms with Crippen molar-refractivity contribution in [3.8, 4) is 5.75 Å². The fraction of sp³-hybridized carbons (Fsp3) is 0.444. The topological polar surface area (TPSA) is 21.3 Å². The molecule has 2 nitrogen and oxygen atoms in total. The third kappa shape index (κ3) is 5.18. The van der Waals surface area contributed by atoms with E-state index in [1.54, 1.807) is 0 Å². The van der Waals surface area contributed by atoms with E-state index in [0.29, 0.717) is 12.5 Å². The van der Waals surface area contributed by atoms with Crippen molar-refractivity contribution >= 4 is 11.3 Å². The summed E-state index contributed by atoms with van der Waals surface area (Å²) in [6.45, 7) is 9.13. The molecule has 21 heavy (non-hydrogen) atoms. The second kappa shape index (κ2) is 8.20. The number of nitrogens with one attached hydrogen (secondary N) is 1. The van der Waals surface area contributed by atoms with Crippen LogP contribution in [0, 0.1) is 6.92 Å². The van der Waals surface area contributed by atoms with Crippen LogP contribution in [0.25, 0.3) is 0 Å². The highest BCUT2D eigenvalue weighted by molar-refractivity contribution is 7.09. The van der Waals surface area contributed by atoms with Crippen molar-refractivity contribution in [2.75, 3.05) is 19.7 Å². The SMILES string of the molecule is Cc1ccc(C(C)C)c(OCCNCCc2cccs2)c1. The number of ether oxygens (including phenoxy) is 1. The molecule has 2 aromatic rings. The van der Waals surface area contributed by atoms with Gasteiger partial charge in [-0.25, -0.2) is 0 Å². The smallest absolute Gasteiger partial charge is 0.123 e. The molecule has 0 fully saturated rings. The maximum absolute atomic E-state index is 5.96. The normalized spacial score (nSPS) is 11.0. The number of hydrogen-bond acceptors (Lipinski definition) is 3. The fourth-order valence-electron chi connectivity index (χ4n) is 2.27. The van der Waals surface area contributed by atoms with Crippen molar-refractivity contribution in [3.63, 3.8) is 0 Å². The number of thiophene rings is 1. The Bertz CT molecular complexity index is 534. The van der Waals surface area contributed by atoms with Gasteiger partial charge in [0.15, 0.2) is 0 Å². The fourth-order valence-corrected chi connectivity index (χ4v) is 2.98. The molecule has 1 aromatic heterocycles. The summed E-state index contributed by atoms with van der Waals surface area (Å²) in [5.74, 6) is 1.53. The van der Waals surface area contributed by atoms with Gasteiger partial charge in [-0.3, -0.25) is 0 Å². The van der Waals surface area contributed by atoms with E-state index in [0.717, 1.165) is 25.3 Å². The molecule has 0 amide bonds. The van der Waals surface area contributed by atoms with Crippen LogP contribution in [0.3, 0.4) is 0 Å². The molecule has 114 valence electrons. The summed E-state index contributed by atoms with van der Waals surface area (Å²) in [6, 6.07) is 10.8. The highest BCUT2D eigenvalue weighted by Crippen LogP contribution is 2.27. The first-order valence-electron chi connectivity index (χ1n) is 7.63. The van der Waals surface area contributed by atoms with E-state index in [1.165, 1.54) is 16.0 Å². The maximum Gasteiger partial charge on any atom is 0.123 e. The van der Waals surface area contributed by atoms with Crippen LogP contribution < -0.4 is 10.1 Å². The Labute approximate surface area is 132 Å². The number of benzene rings is 1. The average molecular weight is 303 g/mol. The van der Waals surface area contributed by atoms with Crippen molar-refractivity contribution in [2.45, 2.75) is 33.1 Å². The molecule has 0 saturated heterocycles. The molecule has 2 rings (SSSR count). The van der Waals surface area contributed by atoms with Gasteiger partial charge in [0.1, 0.15) is 12.4 Å². The van der Waals surface area contributed by atoms with E-state index < -0.39 is 0 Å². The zero-order valence-corrected chi connectivity index (χ0v) is 14.0. The third-order valence-electron chi connectivity index (χ3n) is 3.46. The van der Waals surface area contributed by atoms with Gasteiger partial charge in [0.25, 0.3) is 0 Å². The highest BCUT2D eigenvalue weighted by atomic mass is 32.1. The summed E-state index contributed by atoms with van der Waals surface area (Å²) in [7, 11) is 0. The monoisotopic (exact) mass is 303 g/mol. The second-order valence-corrected chi connectivity index (χ2v) is 6.66. The minimum Gasteiger partial charge on any atom is -0.492 e. The quantitative estimate of drug-likeness (QED) is 0.730. The molecular formula is C18H25NOS.